The Morgan fingerprint density at radius 2 is 1.80 bits per heavy atom. The Morgan fingerprint density at radius 1 is 1.04 bits per heavy atom. The van der Waals surface area contributed by atoms with Gasteiger partial charge < -0.3 is 14.8 Å². The molecule has 0 fully saturated rings. The summed E-state index contributed by atoms with van der Waals surface area (Å²) in [6.45, 7) is 0. The summed E-state index contributed by atoms with van der Waals surface area (Å²) in [6.07, 6.45) is 0. The highest BCUT2D eigenvalue weighted by molar-refractivity contribution is 7.84. The number of amides is 1. The molecule has 0 spiro atoms. The van der Waals surface area contributed by atoms with E-state index in [-0.39, 0.29) is 28.9 Å². The molecule has 1 aromatic heterocycles. The highest BCUT2D eigenvalue weighted by Gasteiger charge is 2.14. The fourth-order valence-electron chi connectivity index (χ4n) is 2.45. The maximum atomic E-state index is 12.1. The highest BCUT2D eigenvalue weighted by Crippen LogP contribution is 2.22. The number of hydrogen-bond acceptors (Lipinski definition) is 4. The molecule has 128 valence electrons. The molecule has 0 aliphatic carbocycles. The number of hydrogen-bond donors (Lipinski definition) is 2. The molecular weight excluding hydrogens is 342 g/mol. The number of furan rings is 1. The molecule has 25 heavy (non-hydrogen) atoms. The van der Waals surface area contributed by atoms with Crippen LogP contribution in [-0.4, -0.2) is 26.9 Å². The molecule has 6 nitrogen and oxygen atoms in total. The molecule has 7 heteroatoms. The average molecular weight is 357 g/mol. The number of anilines is 1. The average Bonchev–Trinajstić information content (AvgIpc) is 3.03. The first-order chi connectivity index (χ1) is 12.0. The van der Waals surface area contributed by atoms with E-state index in [1.54, 1.807) is 6.07 Å². The van der Waals surface area contributed by atoms with Gasteiger partial charge in [-0.25, -0.2) is 4.79 Å². The number of carbonyl (C=O) groups excluding carboxylic acids is 1. The van der Waals surface area contributed by atoms with E-state index in [2.05, 4.69) is 5.32 Å². The predicted molar refractivity (Wildman–Crippen MR) is 95.0 cm³/mol. The topological polar surface area (TPSA) is 96.6 Å². The standard InChI is InChI=1S/C18H15NO5S/c20-17(11-25(23)10-13-8-9-16(24-13)18(21)22)19-15-7-3-5-12-4-1-2-6-14(12)15/h1-9H,10-11H2,(H,19,20)(H,21,22). The second-order valence-corrected chi connectivity index (χ2v) is 6.83. The van der Waals surface area contributed by atoms with Gasteiger partial charge in [-0.2, -0.15) is 0 Å². The lowest BCUT2D eigenvalue weighted by Gasteiger charge is -2.08. The smallest absolute Gasteiger partial charge is 0.371 e. The van der Waals surface area contributed by atoms with Crippen LogP contribution in [0.5, 0.6) is 0 Å². The Kier molecular flexibility index (Phi) is 4.95. The highest BCUT2D eigenvalue weighted by atomic mass is 32.2. The first-order valence-corrected chi connectivity index (χ1v) is 8.96. The first kappa shape index (κ1) is 16.9. The maximum absolute atomic E-state index is 12.1. The third-order valence-electron chi connectivity index (χ3n) is 3.53. The number of aromatic carboxylic acids is 1. The van der Waals surface area contributed by atoms with Gasteiger partial charge in [-0.3, -0.25) is 9.00 Å². The summed E-state index contributed by atoms with van der Waals surface area (Å²) >= 11 is 0. The lowest BCUT2D eigenvalue weighted by molar-refractivity contribution is -0.113. The van der Waals surface area contributed by atoms with Crippen LogP contribution in [0.3, 0.4) is 0 Å². The number of fused-ring (bicyclic) bond motifs is 1. The van der Waals surface area contributed by atoms with Crippen LogP contribution in [0.15, 0.2) is 59.0 Å². The van der Waals surface area contributed by atoms with Crippen LogP contribution in [-0.2, 0) is 21.3 Å². The van der Waals surface area contributed by atoms with Crippen molar-refractivity contribution < 1.29 is 23.3 Å². The SMILES string of the molecule is O=C(CS(=O)Cc1ccc(C(=O)O)o1)Nc1cccc2ccccc12. The molecule has 1 unspecified atom stereocenters. The van der Waals surface area contributed by atoms with Crippen molar-refractivity contribution in [3.8, 4) is 0 Å². The molecule has 0 radical (unpaired) electrons. The minimum Gasteiger partial charge on any atom is -0.475 e. The second-order valence-electron chi connectivity index (χ2n) is 5.37. The maximum Gasteiger partial charge on any atom is 0.371 e. The molecule has 2 N–H and O–H groups in total. The van der Waals surface area contributed by atoms with Crippen molar-refractivity contribution in [1.82, 2.24) is 0 Å². The third kappa shape index (κ3) is 4.13. The van der Waals surface area contributed by atoms with Crippen molar-refractivity contribution in [2.24, 2.45) is 0 Å². The van der Waals surface area contributed by atoms with Crippen LogP contribution < -0.4 is 5.32 Å². The van der Waals surface area contributed by atoms with Crippen LogP contribution in [0, 0.1) is 0 Å². The molecule has 0 aliphatic rings. The Hall–Kier alpha value is -2.93. The zero-order valence-electron chi connectivity index (χ0n) is 13.1. The molecule has 3 aromatic rings. The molecule has 0 saturated heterocycles. The van der Waals surface area contributed by atoms with E-state index in [9.17, 15) is 13.8 Å². The normalized spacial score (nSPS) is 12.0. The summed E-state index contributed by atoms with van der Waals surface area (Å²) < 4.78 is 17.1. The van der Waals surface area contributed by atoms with Crippen LogP contribution in [0.2, 0.25) is 0 Å². The quantitative estimate of drug-likeness (QED) is 0.707. The Balaban J connectivity index is 1.63. The Bertz CT molecular complexity index is 958. The molecule has 1 amide bonds. The lowest BCUT2D eigenvalue weighted by atomic mass is 10.1. The Morgan fingerprint density at radius 3 is 2.56 bits per heavy atom. The van der Waals surface area contributed by atoms with E-state index in [0.717, 1.165) is 10.8 Å². The summed E-state index contributed by atoms with van der Waals surface area (Å²) in [6, 6.07) is 16.0. The predicted octanol–water partition coefficient (Wildman–Crippen LogP) is 3.02. The molecule has 0 saturated carbocycles. The van der Waals surface area contributed by atoms with Gasteiger partial charge in [0.2, 0.25) is 11.7 Å². The molecule has 0 aliphatic heterocycles. The first-order valence-electron chi connectivity index (χ1n) is 7.47. The van der Waals surface area contributed by atoms with Gasteiger partial charge >= 0.3 is 5.97 Å². The molecule has 1 atom stereocenters. The molecule has 2 aromatic carbocycles. The van der Waals surface area contributed by atoms with Gasteiger partial charge in [-0.05, 0) is 23.6 Å². The van der Waals surface area contributed by atoms with Gasteiger partial charge in [0.05, 0.1) is 5.75 Å². The zero-order chi connectivity index (χ0) is 17.8. The minimum atomic E-state index is -1.51. The van der Waals surface area contributed by atoms with Gasteiger partial charge in [-0.15, -0.1) is 0 Å². The van der Waals surface area contributed by atoms with Crippen LogP contribution in [0.25, 0.3) is 10.8 Å². The van der Waals surface area contributed by atoms with Gasteiger partial charge in [0.1, 0.15) is 11.5 Å². The van der Waals surface area contributed by atoms with Crippen molar-refractivity contribution >= 4 is 39.1 Å². The van der Waals surface area contributed by atoms with Crippen molar-refractivity contribution in [2.45, 2.75) is 5.75 Å². The summed E-state index contributed by atoms with van der Waals surface area (Å²) in [4.78, 5) is 22.9. The van der Waals surface area contributed by atoms with Crippen LogP contribution in [0.4, 0.5) is 5.69 Å². The van der Waals surface area contributed by atoms with E-state index in [0.29, 0.717) is 5.69 Å². The number of rotatable bonds is 6. The summed E-state index contributed by atoms with van der Waals surface area (Å²) in [5, 5.41) is 13.5. The van der Waals surface area contributed by atoms with E-state index >= 15 is 0 Å². The van der Waals surface area contributed by atoms with Crippen LogP contribution in [0.1, 0.15) is 16.3 Å². The summed E-state index contributed by atoms with van der Waals surface area (Å²) in [5.74, 6) is -1.73. The van der Waals surface area contributed by atoms with E-state index < -0.39 is 16.8 Å². The Labute approximate surface area is 145 Å². The number of carboxylic acids is 1. The third-order valence-corrected chi connectivity index (χ3v) is 4.72. The van der Waals surface area contributed by atoms with Gasteiger partial charge in [0.25, 0.3) is 0 Å². The largest absolute Gasteiger partial charge is 0.475 e. The summed E-state index contributed by atoms with van der Waals surface area (Å²) in [7, 11) is -1.51. The second kappa shape index (κ2) is 7.31. The molecule has 0 bridgehead atoms. The number of carboxylic acid groups (broad SMARTS) is 1. The minimum absolute atomic E-state index is 0.0176. The van der Waals surface area contributed by atoms with Gasteiger partial charge in [0, 0.05) is 21.9 Å². The van der Waals surface area contributed by atoms with E-state index in [1.807, 2.05) is 36.4 Å². The van der Waals surface area contributed by atoms with Crippen LogP contribution >= 0.6 is 0 Å². The molecular formula is C18H15NO5S. The monoisotopic (exact) mass is 357 g/mol. The van der Waals surface area contributed by atoms with E-state index in [4.69, 9.17) is 9.52 Å². The van der Waals surface area contributed by atoms with Gasteiger partial charge in [-0.1, -0.05) is 36.4 Å². The number of benzene rings is 2. The zero-order valence-corrected chi connectivity index (χ0v) is 13.9. The van der Waals surface area contributed by atoms with Crippen molar-refractivity contribution in [3.05, 3.63) is 66.1 Å². The van der Waals surface area contributed by atoms with Crippen molar-refractivity contribution in [1.29, 1.82) is 0 Å². The molecule has 1 heterocycles. The number of nitrogens with one attached hydrogen (secondary N) is 1. The fraction of sp³-hybridized carbons (Fsp3) is 0.111. The van der Waals surface area contributed by atoms with Crippen molar-refractivity contribution in [2.75, 3.05) is 11.1 Å². The fourth-order valence-corrected chi connectivity index (χ4v) is 3.39. The van der Waals surface area contributed by atoms with Gasteiger partial charge in [0.15, 0.2) is 0 Å². The lowest BCUT2D eigenvalue weighted by Crippen LogP contribution is -2.20. The van der Waals surface area contributed by atoms with E-state index in [1.165, 1.54) is 12.1 Å². The number of carbonyl (C=O) groups is 2. The van der Waals surface area contributed by atoms with Crippen molar-refractivity contribution in [3.63, 3.8) is 0 Å². The summed E-state index contributed by atoms with van der Waals surface area (Å²) in [5.41, 5.74) is 0.659. The molecule has 3 rings (SSSR count).